The van der Waals surface area contributed by atoms with Gasteiger partial charge in [0.1, 0.15) is 12.4 Å². The highest BCUT2D eigenvalue weighted by molar-refractivity contribution is 8.18. The standard InChI is InChI=1S/C22H20N2O2S/c1-4-14-26-18-12-10-16(11-13-18)15-20-21(25)24(3)22(27-20)23-19-9-7-6-8-17(19)5-2/h1,6-13,15H,5,14H2,2-3H3/b20-15-,23-22?. The summed E-state index contributed by atoms with van der Waals surface area (Å²) in [5.74, 6) is 3.08. The smallest absolute Gasteiger partial charge is 0.266 e. The highest BCUT2D eigenvalue weighted by atomic mass is 32.2. The molecule has 0 N–H and O–H groups in total. The Morgan fingerprint density at radius 1 is 1.22 bits per heavy atom. The lowest BCUT2D eigenvalue weighted by molar-refractivity contribution is -0.121. The molecule has 1 aliphatic heterocycles. The van der Waals surface area contributed by atoms with E-state index < -0.39 is 0 Å². The first-order valence-electron chi connectivity index (χ1n) is 8.63. The molecule has 1 amide bonds. The number of carbonyl (C=O) groups is 1. The van der Waals surface area contributed by atoms with Crippen molar-refractivity contribution in [1.82, 2.24) is 4.90 Å². The van der Waals surface area contributed by atoms with Crippen molar-refractivity contribution in [3.8, 4) is 18.1 Å². The van der Waals surface area contributed by atoms with Gasteiger partial charge in [-0.2, -0.15) is 0 Å². The van der Waals surface area contributed by atoms with Gasteiger partial charge >= 0.3 is 0 Å². The molecule has 0 saturated carbocycles. The van der Waals surface area contributed by atoms with Crippen molar-refractivity contribution in [2.45, 2.75) is 13.3 Å². The molecule has 0 atom stereocenters. The molecule has 3 rings (SSSR count). The zero-order chi connectivity index (χ0) is 19.2. The van der Waals surface area contributed by atoms with Crippen LogP contribution in [0.4, 0.5) is 5.69 Å². The van der Waals surface area contributed by atoms with E-state index in [0.29, 0.717) is 15.8 Å². The molecule has 0 spiro atoms. The van der Waals surface area contributed by atoms with Gasteiger partial charge in [0.15, 0.2) is 5.17 Å². The van der Waals surface area contributed by atoms with E-state index in [1.165, 1.54) is 11.8 Å². The fourth-order valence-electron chi connectivity index (χ4n) is 2.61. The summed E-state index contributed by atoms with van der Waals surface area (Å²) >= 11 is 1.38. The molecular formula is C22H20N2O2S. The maximum absolute atomic E-state index is 12.6. The molecule has 2 aromatic carbocycles. The zero-order valence-electron chi connectivity index (χ0n) is 15.3. The number of aryl methyl sites for hydroxylation is 1. The molecule has 1 saturated heterocycles. The predicted octanol–water partition coefficient (Wildman–Crippen LogP) is 4.49. The number of terminal acetylenes is 1. The maximum Gasteiger partial charge on any atom is 0.266 e. The van der Waals surface area contributed by atoms with Gasteiger partial charge in [0.25, 0.3) is 5.91 Å². The number of benzene rings is 2. The summed E-state index contributed by atoms with van der Waals surface area (Å²) in [5.41, 5.74) is 2.98. The molecule has 1 aliphatic rings. The zero-order valence-corrected chi connectivity index (χ0v) is 16.1. The van der Waals surface area contributed by atoms with Gasteiger partial charge < -0.3 is 4.74 Å². The number of carbonyl (C=O) groups excluding carboxylic acids is 1. The molecule has 0 bridgehead atoms. The van der Waals surface area contributed by atoms with Crippen molar-refractivity contribution in [2.75, 3.05) is 13.7 Å². The highest BCUT2D eigenvalue weighted by Gasteiger charge is 2.30. The van der Waals surface area contributed by atoms with Gasteiger partial charge in [-0.25, -0.2) is 4.99 Å². The normalized spacial score (nSPS) is 16.8. The van der Waals surface area contributed by atoms with Crippen molar-refractivity contribution in [2.24, 2.45) is 4.99 Å². The monoisotopic (exact) mass is 376 g/mol. The van der Waals surface area contributed by atoms with Crippen LogP contribution in [0.25, 0.3) is 6.08 Å². The minimum absolute atomic E-state index is 0.0552. The molecule has 27 heavy (non-hydrogen) atoms. The molecular weight excluding hydrogens is 356 g/mol. The molecule has 0 aromatic heterocycles. The number of para-hydroxylation sites is 1. The van der Waals surface area contributed by atoms with Gasteiger partial charge in [-0.15, -0.1) is 6.42 Å². The topological polar surface area (TPSA) is 41.9 Å². The summed E-state index contributed by atoms with van der Waals surface area (Å²) in [6, 6.07) is 15.5. The van der Waals surface area contributed by atoms with E-state index >= 15 is 0 Å². The third kappa shape index (κ3) is 4.42. The number of amidine groups is 1. The number of thioether (sulfide) groups is 1. The van der Waals surface area contributed by atoms with Crippen LogP contribution in [0.3, 0.4) is 0 Å². The average Bonchev–Trinajstić information content (AvgIpc) is 2.95. The Hall–Kier alpha value is -2.97. The fourth-order valence-corrected chi connectivity index (χ4v) is 3.59. The minimum Gasteiger partial charge on any atom is -0.481 e. The van der Waals surface area contributed by atoms with Gasteiger partial charge in [0.2, 0.25) is 0 Å². The van der Waals surface area contributed by atoms with Gasteiger partial charge in [0, 0.05) is 7.05 Å². The summed E-state index contributed by atoms with van der Waals surface area (Å²) in [4.78, 5) is 19.5. The van der Waals surface area contributed by atoms with E-state index in [-0.39, 0.29) is 12.5 Å². The van der Waals surface area contributed by atoms with Crippen molar-refractivity contribution in [3.05, 3.63) is 64.6 Å². The molecule has 0 radical (unpaired) electrons. The summed E-state index contributed by atoms with van der Waals surface area (Å²) in [6.45, 7) is 2.33. The second-order valence-electron chi connectivity index (χ2n) is 5.91. The minimum atomic E-state index is -0.0552. The van der Waals surface area contributed by atoms with Crippen LogP contribution in [0, 0.1) is 12.3 Å². The van der Waals surface area contributed by atoms with Crippen LogP contribution >= 0.6 is 11.8 Å². The first kappa shape index (κ1) is 18.8. The Bertz CT molecular complexity index is 940. The third-order valence-electron chi connectivity index (χ3n) is 4.09. The first-order chi connectivity index (χ1) is 13.1. The Kier molecular flexibility index (Phi) is 6.00. The van der Waals surface area contributed by atoms with Crippen LogP contribution in [0.5, 0.6) is 5.75 Å². The van der Waals surface area contributed by atoms with E-state index in [0.717, 1.165) is 23.2 Å². The first-order valence-corrected chi connectivity index (χ1v) is 9.44. The summed E-state index contributed by atoms with van der Waals surface area (Å²) in [5, 5.41) is 0.682. The predicted molar refractivity (Wildman–Crippen MR) is 112 cm³/mol. The van der Waals surface area contributed by atoms with Crippen LogP contribution < -0.4 is 4.74 Å². The molecule has 1 fully saturated rings. The van der Waals surface area contributed by atoms with Crippen LogP contribution in [-0.2, 0) is 11.2 Å². The van der Waals surface area contributed by atoms with Crippen molar-refractivity contribution >= 4 is 34.6 Å². The van der Waals surface area contributed by atoms with Crippen LogP contribution in [0.1, 0.15) is 18.1 Å². The van der Waals surface area contributed by atoms with E-state index in [1.54, 1.807) is 11.9 Å². The number of nitrogens with zero attached hydrogens (tertiary/aromatic N) is 2. The number of ether oxygens (including phenoxy) is 1. The van der Waals surface area contributed by atoms with Gasteiger partial charge in [-0.1, -0.05) is 43.2 Å². The molecule has 0 aliphatic carbocycles. The van der Waals surface area contributed by atoms with E-state index in [2.05, 4.69) is 18.9 Å². The van der Waals surface area contributed by atoms with Crippen molar-refractivity contribution < 1.29 is 9.53 Å². The van der Waals surface area contributed by atoms with Gasteiger partial charge in [-0.05, 0) is 53.6 Å². The quantitative estimate of drug-likeness (QED) is 0.570. The number of amides is 1. The van der Waals surface area contributed by atoms with Gasteiger partial charge in [0.05, 0.1) is 10.6 Å². The van der Waals surface area contributed by atoms with Crippen LogP contribution in [0.2, 0.25) is 0 Å². The second-order valence-corrected chi connectivity index (χ2v) is 6.92. The largest absolute Gasteiger partial charge is 0.481 e. The lowest BCUT2D eigenvalue weighted by Gasteiger charge is -2.08. The lowest BCUT2D eigenvalue weighted by atomic mass is 10.1. The number of rotatable bonds is 5. The number of hydrogen-bond donors (Lipinski definition) is 0. The Balaban J connectivity index is 1.82. The van der Waals surface area contributed by atoms with Crippen LogP contribution in [-0.4, -0.2) is 29.6 Å². The molecule has 136 valence electrons. The summed E-state index contributed by atoms with van der Waals surface area (Å²) < 4.78 is 5.37. The SMILES string of the molecule is C#CCOc1ccc(/C=C2\SC(=Nc3ccccc3CC)N(C)C2=O)cc1. The average molecular weight is 376 g/mol. The Morgan fingerprint density at radius 2 is 1.96 bits per heavy atom. The number of hydrogen-bond acceptors (Lipinski definition) is 4. The Morgan fingerprint density at radius 3 is 2.67 bits per heavy atom. The lowest BCUT2D eigenvalue weighted by Crippen LogP contribution is -2.23. The number of likely N-dealkylation sites (N-methyl/N-ethyl adjacent to an activating group) is 1. The highest BCUT2D eigenvalue weighted by Crippen LogP contribution is 2.34. The van der Waals surface area contributed by atoms with E-state index in [1.807, 2.05) is 48.5 Å². The van der Waals surface area contributed by atoms with Crippen molar-refractivity contribution in [3.63, 3.8) is 0 Å². The molecule has 0 unspecified atom stereocenters. The number of aliphatic imine (C=N–C) groups is 1. The fraction of sp³-hybridized carbons (Fsp3) is 0.182. The van der Waals surface area contributed by atoms with E-state index in [9.17, 15) is 4.79 Å². The summed E-state index contributed by atoms with van der Waals surface area (Å²) in [7, 11) is 1.75. The second kappa shape index (κ2) is 8.61. The molecule has 5 heteroatoms. The van der Waals surface area contributed by atoms with Crippen molar-refractivity contribution in [1.29, 1.82) is 0 Å². The molecule has 2 aromatic rings. The van der Waals surface area contributed by atoms with Crippen LogP contribution in [0.15, 0.2) is 58.4 Å². The summed E-state index contributed by atoms with van der Waals surface area (Å²) in [6.07, 6.45) is 7.95. The third-order valence-corrected chi connectivity index (χ3v) is 5.15. The van der Waals surface area contributed by atoms with E-state index in [4.69, 9.17) is 16.2 Å². The maximum atomic E-state index is 12.6. The van der Waals surface area contributed by atoms with Gasteiger partial charge in [-0.3, -0.25) is 9.69 Å². The Labute approximate surface area is 163 Å². The molecule has 1 heterocycles. The molecule has 4 nitrogen and oxygen atoms in total.